The van der Waals surface area contributed by atoms with Crippen molar-refractivity contribution in [3.8, 4) is 0 Å². The van der Waals surface area contributed by atoms with E-state index in [2.05, 4.69) is 17.2 Å². The molecule has 0 aliphatic carbocycles. The van der Waals surface area contributed by atoms with Crippen molar-refractivity contribution >= 4 is 23.7 Å². The number of nitrogens with one attached hydrogen (secondary N) is 2. The maximum atomic E-state index is 12.4. The number of allylic oxidation sites excluding steroid dienone is 1. The van der Waals surface area contributed by atoms with Gasteiger partial charge in [0.1, 0.15) is 0 Å². The lowest BCUT2D eigenvalue weighted by Gasteiger charge is -2.33. The first-order valence-electron chi connectivity index (χ1n) is 10.4. The van der Waals surface area contributed by atoms with Crippen LogP contribution in [0.25, 0.3) is 0 Å². The van der Waals surface area contributed by atoms with Gasteiger partial charge in [-0.3, -0.25) is 19.3 Å². The van der Waals surface area contributed by atoms with E-state index in [1.807, 2.05) is 13.8 Å². The summed E-state index contributed by atoms with van der Waals surface area (Å²) in [6.07, 6.45) is 1.74. The van der Waals surface area contributed by atoms with E-state index in [0.29, 0.717) is 37.5 Å². The van der Waals surface area contributed by atoms with Crippen LogP contribution >= 0.6 is 0 Å². The second kappa shape index (κ2) is 10.5. The Hall–Kier alpha value is -2.46. The van der Waals surface area contributed by atoms with Crippen LogP contribution in [-0.4, -0.2) is 70.7 Å². The second-order valence-electron chi connectivity index (χ2n) is 8.08. The Morgan fingerprint density at radius 1 is 1.20 bits per heavy atom. The van der Waals surface area contributed by atoms with Gasteiger partial charge in [0, 0.05) is 45.4 Å². The molecule has 2 saturated heterocycles. The molecule has 2 heterocycles. The van der Waals surface area contributed by atoms with E-state index >= 15 is 0 Å². The molecular weight excluding hydrogens is 398 g/mol. The molecule has 1 atom stereocenters. The molecule has 30 heavy (non-hydrogen) atoms. The predicted molar refractivity (Wildman–Crippen MR) is 107 cm³/mol. The van der Waals surface area contributed by atoms with Crippen LogP contribution in [0.3, 0.4) is 0 Å². The summed E-state index contributed by atoms with van der Waals surface area (Å²) >= 11 is 0. The molecule has 0 aromatic carbocycles. The number of amides is 3. The number of hydroxylamine groups is 2. The molecule has 2 aliphatic rings. The molecule has 2 rings (SSSR count). The highest BCUT2D eigenvalue weighted by atomic mass is 16.8. The molecule has 10 heteroatoms. The van der Waals surface area contributed by atoms with E-state index in [1.54, 1.807) is 4.90 Å². The summed E-state index contributed by atoms with van der Waals surface area (Å²) in [7, 11) is 0. The zero-order valence-electron chi connectivity index (χ0n) is 17.7. The standard InChI is InChI=1S/C20H32N4O6/c1-14(2)13-23-12-4-9-20(23,29)19(28)22-10-7-16(25)21-11-8-18(27)30-24-15(3)5-6-17(24)26/h14,29H,3-13H2,1-2H3,(H,21,25)(H,22,28)/i1+1,2+1,16+1,18+1,21+1,22+1. The Morgan fingerprint density at radius 3 is 2.53 bits per heavy atom. The first kappa shape index (κ1) is 23.8. The fourth-order valence-electron chi connectivity index (χ4n) is 3.52. The van der Waals surface area contributed by atoms with Gasteiger partial charge >= 0.3 is 5.97 Å². The molecule has 168 valence electrons. The van der Waals surface area contributed by atoms with Crippen molar-refractivity contribution in [2.75, 3.05) is 26.2 Å². The summed E-state index contributed by atoms with van der Waals surface area (Å²) < 4.78 is 0. The summed E-state index contributed by atoms with van der Waals surface area (Å²) in [6.45, 7) is 9.11. The number of nitrogens with zero attached hydrogens (tertiary/aromatic N) is 2. The van der Waals surface area contributed by atoms with Gasteiger partial charge in [-0.15, -0.1) is 5.06 Å². The van der Waals surface area contributed by atoms with Crippen LogP contribution in [-0.2, 0) is 24.0 Å². The van der Waals surface area contributed by atoms with E-state index in [-0.39, 0.29) is 44.2 Å². The maximum absolute atomic E-state index is 12.4. The molecule has 2 fully saturated rings. The van der Waals surface area contributed by atoms with Crippen LogP contribution in [0.4, 0.5) is 0 Å². The molecule has 2 aliphatic heterocycles. The Balaban J connectivity index is 1.64. The van der Waals surface area contributed by atoms with Crippen molar-refractivity contribution in [1.29, 1.82) is 0 Å². The molecule has 0 saturated carbocycles. The lowest BCUT2D eigenvalue weighted by Crippen LogP contribution is -2.56. The van der Waals surface area contributed by atoms with Crippen LogP contribution in [0.2, 0.25) is 0 Å². The van der Waals surface area contributed by atoms with Gasteiger partial charge in [-0.05, 0) is 18.8 Å². The van der Waals surface area contributed by atoms with Gasteiger partial charge in [0.15, 0.2) is 5.72 Å². The lowest BCUT2D eigenvalue weighted by molar-refractivity contribution is -0.186. The molecule has 0 radical (unpaired) electrons. The second-order valence-corrected chi connectivity index (χ2v) is 8.08. The Morgan fingerprint density at radius 2 is 1.90 bits per heavy atom. The third-order valence-electron chi connectivity index (χ3n) is 5.05. The van der Waals surface area contributed by atoms with Crippen molar-refractivity contribution < 1.29 is 29.1 Å². The molecular formula is C20H32N4O6. The topological polar surface area (TPSA) is 128 Å². The van der Waals surface area contributed by atoms with E-state index in [0.717, 1.165) is 11.5 Å². The minimum absolute atomic E-state index is 0.0163. The highest BCUT2D eigenvalue weighted by Crippen LogP contribution is 2.27. The number of likely N-dealkylation sites (tertiary alicyclic amines) is 1. The van der Waals surface area contributed by atoms with E-state index in [9.17, 15) is 24.3 Å². The normalized spacial score (nSPS) is 21.9. The van der Waals surface area contributed by atoms with Gasteiger partial charge in [0.05, 0.1) is 12.1 Å². The Bertz CT molecular complexity index is 679. The van der Waals surface area contributed by atoms with Crippen molar-refractivity contribution in [3.63, 3.8) is 0 Å². The maximum Gasteiger partial charge on any atom is 0.334 e. The number of carbonyl (C=O) groups excluding carboxylic acids is 4. The van der Waals surface area contributed by atoms with Gasteiger partial charge < -0.3 is 20.6 Å². The summed E-state index contributed by atoms with van der Waals surface area (Å²) in [4.78, 5) is 54.3. The number of hydrogen-bond acceptors (Lipinski definition) is 7. The summed E-state index contributed by atoms with van der Waals surface area (Å²) in [5.74, 6) is -1.48. The van der Waals surface area contributed by atoms with Gasteiger partial charge in [0.2, 0.25) is 5.91 Å². The average molecular weight is 430 g/mol. The molecule has 3 amide bonds. The van der Waals surface area contributed by atoms with Gasteiger partial charge in [-0.25, -0.2) is 4.79 Å². The number of aliphatic hydroxyl groups is 1. The first-order chi connectivity index (χ1) is 14.1. The molecule has 3 N–H and O–H groups in total. The minimum atomic E-state index is -1.53. The van der Waals surface area contributed by atoms with Gasteiger partial charge in [-0.1, -0.05) is 20.4 Å². The van der Waals surface area contributed by atoms with Crippen molar-refractivity contribution in [1.82, 2.24) is 20.6 Å². The number of carbonyl (C=O) groups is 4. The van der Waals surface area contributed by atoms with Crippen molar-refractivity contribution in [3.05, 3.63) is 12.3 Å². The number of rotatable bonds is 10. The highest BCUT2D eigenvalue weighted by molar-refractivity contribution is 5.85. The number of hydrogen-bond donors (Lipinski definition) is 3. The zero-order valence-corrected chi connectivity index (χ0v) is 17.7. The third-order valence-corrected chi connectivity index (χ3v) is 5.05. The van der Waals surface area contributed by atoms with Crippen molar-refractivity contribution in [2.24, 2.45) is 5.92 Å². The Kier molecular flexibility index (Phi) is 8.36. The van der Waals surface area contributed by atoms with Gasteiger partial charge in [-0.2, -0.15) is 0 Å². The van der Waals surface area contributed by atoms with Crippen molar-refractivity contribution in [2.45, 2.75) is 58.1 Å². The van der Waals surface area contributed by atoms with E-state index in [4.69, 9.17) is 4.84 Å². The fraction of sp³-hybridized carbons (Fsp3) is 0.700. The molecule has 1 unspecified atom stereocenters. The summed E-state index contributed by atoms with van der Waals surface area (Å²) in [5, 5.41) is 16.8. The first-order valence-corrected chi connectivity index (χ1v) is 10.4. The minimum Gasteiger partial charge on any atom is -0.367 e. The molecule has 0 aromatic heterocycles. The van der Waals surface area contributed by atoms with Crippen LogP contribution in [0, 0.1) is 5.92 Å². The SMILES string of the molecule is C=C1CCC(=O)N1O[13C](=O)CC[15NH][13C](=O)CC[15NH]C(=O)C1(O)CCCN1CC([13CH3])[13CH3]. The fourth-order valence-corrected chi connectivity index (χ4v) is 3.52. The quantitative estimate of drug-likeness (QED) is 0.330. The van der Waals surface area contributed by atoms with Gasteiger partial charge in [0.25, 0.3) is 11.8 Å². The zero-order chi connectivity index (χ0) is 22.3. The molecule has 0 spiro atoms. The van der Waals surface area contributed by atoms with E-state index < -0.39 is 17.6 Å². The largest absolute Gasteiger partial charge is 0.367 e. The smallest absolute Gasteiger partial charge is 0.334 e. The monoisotopic (exact) mass is 430 g/mol. The van der Waals surface area contributed by atoms with Crippen LogP contribution < -0.4 is 10.6 Å². The molecule has 0 bridgehead atoms. The molecule has 10 nitrogen and oxygen atoms in total. The third kappa shape index (κ3) is 6.27. The van der Waals surface area contributed by atoms with Crippen LogP contribution in [0.5, 0.6) is 0 Å². The summed E-state index contributed by atoms with van der Waals surface area (Å²) in [6, 6.07) is 0. The summed E-state index contributed by atoms with van der Waals surface area (Å²) in [5.41, 5.74) is -1.09. The van der Waals surface area contributed by atoms with Crippen LogP contribution in [0.15, 0.2) is 12.3 Å². The van der Waals surface area contributed by atoms with Crippen LogP contribution in [0.1, 0.15) is 52.4 Å². The Labute approximate surface area is 176 Å². The highest BCUT2D eigenvalue weighted by Gasteiger charge is 2.45. The van der Waals surface area contributed by atoms with E-state index in [1.165, 1.54) is 0 Å². The average Bonchev–Trinajstić information content (AvgIpc) is 3.19. The molecule has 0 aromatic rings. The lowest BCUT2D eigenvalue weighted by atomic mass is 10.1. The predicted octanol–water partition coefficient (Wildman–Crippen LogP) is 0.0337.